The Balaban J connectivity index is 1.74. The Morgan fingerprint density at radius 2 is 1.55 bits per heavy atom. The van der Waals surface area contributed by atoms with Gasteiger partial charge in [0.2, 0.25) is 11.9 Å². The average Bonchev–Trinajstić information content (AvgIpc) is 2.79. The Bertz CT molecular complexity index is 1130. The van der Waals surface area contributed by atoms with Crippen LogP contribution in [0.4, 0.5) is 43.9 Å². The highest BCUT2D eigenvalue weighted by atomic mass is 19.4. The number of pyridine rings is 1. The number of alkyl halides is 6. The molecule has 0 saturated carbocycles. The number of halogens is 6. The van der Waals surface area contributed by atoms with E-state index < -0.39 is 23.6 Å². The zero-order valence-corrected chi connectivity index (χ0v) is 16.8. The summed E-state index contributed by atoms with van der Waals surface area (Å²) in [4.78, 5) is 17.9. The zero-order valence-electron chi connectivity index (χ0n) is 16.8. The second kappa shape index (κ2) is 8.81. The molecule has 33 heavy (non-hydrogen) atoms. The summed E-state index contributed by atoms with van der Waals surface area (Å²) in [7, 11) is 0. The molecule has 1 fully saturated rings. The summed E-state index contributed by atoms with van der Waals surface area (Å²) in [6.07, 6.45) is -9.22. The standard InChI is InChI=1S/C20H16F6N6O/c21-19(22,23)12-3-1-4-13(11-12)27-17-29-16(14-5-2-6-15(28-14)20(24,25)26)30-18(31-17)32-7-9-33-10-8-32/h1-6,11H,7-10H2,(H,27,29,30,31). The van der Waals surface area contributed by atoms with Crippen LogP contribution in [0.1, 0.15) is 11.3 Å². The van der Waals surface area contributed by atoms with E-state index in [0.29, 0.717) is 26.3 Å². The third kappa shape index (κ3) is 5.48. The molecule has 7 nitrogen and oxygen atoms in total. The molecule has 1 aromatic carbocycles. The maximum Gasteiger partial charge on any atom is 0.433 e. The summed E-state index contributed by atoms with van der Waals surface area (Å²) in [6.45, 7) is 1.61. The highest BCUT2D eigenvalue weighted by molar-refractivity contribution is 5.60. The summed E-state index contributed by atoms with van der Waals surface area (Å²) in [5, 5.41) is 2.68. The van der Waals surface area contributed by atoms with Gasteiger partial charge in [0, 0.05) is 18.8 Å². The van der Waals surface area contributed by atoms with Crippen LogP contribution < -0.4 is 10.2 Å². The number of rotatable bonds is 4. The van der Waals surface area contributed by atoms with E-state index in [-0.39, 0.29) is 29.1 Å². The van der Waals surface area contributed by atoms with Crippen molar-refractivity contribution in [3.05, 3.63) is 53.7 Å². The van der Waals surface area contributed by atoms with Crippen molar-refractivity contribution in [1.29, 1.82) is 0 Å². The van der Waals surface area contributed by atoms with Crippen molar-refractivity contribution >= 4 is 17.6 Å². The van der Waals surface area contributed by atoms with Crippen molar-refractivity contribution < 1.29 is 31.1 Å². The number of morpholine rings is 1. The fraction of sp³-hybridized carbons (Fsp3) is 0.300. The molecule has 1 aliphatic heterocycles. The van der Waals surface area contributed by atoms with Gasteiger partial charge in [-0.2, -0.15) is 41.3 Å². The summed E-state index contributed by atoms with van der Waals surface area (Å²) < 4.78 is 83.8. The molecule has 0 amide bonds. The van der Waals surface area contributed by atoms with E-state index in [2.05, 4.69) is 25.3 Å². The Morgan fingerprint density at radius 1 is 0.818 bits per heavy atom. The van der Waals surface area contributed by atoms with Gasteiger partial charge >= 0.3 is 12.4 Å². The zero-order chi connectivity index (χ0) is 23.6. The molecule has 13 heteroatoms. The van der Waals surface area contributed by atoms with Gasteiger partial charge in [-0.1, -0.05) is 12.1 Å². The molecule has 3 heterocycles. The normalized spacial score (nSPS) is 14.9. The number of hydrogen-bond acceptors (Lipinski definition) is 7. The number of anilines is 3. The van der Waals surface area contributed by atoms with E-state index in [0.717, 1.165) is 18.2 Å². The highest BCUT2D eigenvalue weighted by Crippen LogP contribution is 2.32. The lowest BCUT2D eigenvalue weighted by Gasteiger charge is -2.27. The fourth-order valence-electron chi connectivity index (χ4n) is 3.06. The van der Waals surface area contributed by atoms with Gasteiger partial charge in [-0.25, -0.2) is 4.98 Å². The Morgan fingerprint density at radius 3 is 2.24 bits per heavy atom. The molecule has 0 bridgehead atoms. The largest absolute Gasteiger partial charge is 0.433 e. The third-order valence-electron chi connectivity index (χ3n) is 4.63. The van der Waals surface area contributed by atoms with Crippen molar-refractivity contribution in [2.75, 3.05) is 36.5 Å². The minimum atomic E-state index is -4.67. The first-order chi connectivity index (χ1) is 15.6. The van der Waals surface area contributed by atoms with Crippen LogP contribution >= 0.6 is 0 Å². The van der Waals surface area contributed by atoms with Gasteiger partial charge in [0.15, 0.2) is 5.82 Å². The predicted octanol–water partition coefficient (Wildman–Crippen LogP) is 4.55. The van der Waals surface area contributed by atoms with Gasteiger partial charge in [-0.05, 0) is 30.3 Å². The number of nitrogens with zero attached hydrogens (tertiary/aromatic N) is 5. The Kier molecular flexibility index (Phi) is 6.06. The van der Waals surface area contributed by atoms with Gasteiger partial charge in [-0.15, -0.1) is 0 Å². The van der Waals surface area contributed by atoms with Crippen molar-refractivity contribution in [2.45, 2.75) is 12.4 Å². The van der Waals surface area contributed by atoms with E-state index in [1.165, 1.54) is 24.3 Å². The quantitative estimate of drug-likeness (QED) is 0.561. The van der Waals surface area contributed by atoms with Gasteiger partial charge in [0.1, 0.15) is 11.4 Å². The maximum atomic E-state index is 13.1. The van der Waals surface area contributed by atoms with Gasteiger partial charge in [0.05, 0.1) is 18.8 Å². The third-order valence-corrected chi connectivity index (χ3v) is 4.63. The Labute approximate surface area is 183 Å². The van der Waals surface area contributed by atoms with Crippen molar-refractivity contribution in [3.8, 4) is 11.5 Å². The summed E-state index contributed by atoms with van der Waals surface area (Å²) in [6, 6.07) is 7.68. The first-order valence-corrected chi connectivity index (χ1v) is 9.67. The van der Waals surface area contributed by atoms with E-state index in [4.69, 9.17) is 4.74 Å². The van der Waals surface area contributed by atoms with Crippen molar-refractivity contribution in [1.82, 2.24) is 19.9 Å². The van der Waals surface area contributed by atoms with Gasteiger partial charge in [-0.3, -0.25) is 0 Å². The highest BCUT2D eigenvalue weighted by Gasteiger charge is 2.33. The molecule has 0 aliphatic carbocycles. The summed E-state index contributed by atoms with van der Waals surface area (Å²) in [5.74, 6) is -0.163. The summed E-state index contributed by atoms with van der Waals surface area (Å²) in [5.41, 5.74) is -2.11. The molecule has 174 valence electrons. The van der Waals surface area contributed by atoms with E-state index in [1.54, 1.807) is 4.90 Å². The minimum absolute atomic E-state index is 0.0481. The molecule has 2 aromatic heterocycles. The molecule has 1 saturated heterocycles. The summed E-state index contributed by atoms with van der Waals surface area (Å²) >= 11 is 0. The van der Waals surface area contributed by atoms with Crippen LogP contribution in [0, 0.1) is 0 Å². The van der Waals surface area contributed by atoms with Crippen molar-refractivity contribution in [2.24, 2.45) is 0 Å². The second-order valence-electron chi connectivity index (χ2n) is 6.99. The van der Waals surface area contributed by atoms with E-state index >= 15 is 0 Å². The molecule has 1 N–H and O–H groups in total. The minimum Gasteiger partial charge on any atom is -0.378 e. The molecule has 4 rings (SSSR count). The van der Waals surface area contributed by atoms with Crippen LogP contribution in [0.25, 0.3) is 11.5 Å². The van der Waals surface area contributed by atoms with Crippen LogP contribution in [0.2, 0.25) is 0 Å². The van der Waals surface area contributed by atoms with Crippen LogP contribution in [0.5, 0.6) is 0 Å². The second-order valence-corrected chi connectivity index (χ2v) is 6.99. The smallest absolute Gasteiger partial charge is 0.378 e. The molecule has 3 aromatic rings. The monoisotopic (exact) mass is 470 g/mol. The number of aromatic nitrogens is 4. The molecule has 0 radical (unpaired) electrons. The van der Waals surface area contributed by atoms with Crippen molar-refractivity contribution in [3.63, 3.8) is 0 Å². The van der Waals surface area contributed by atoms with Gasteiger partial charge < -0.3 is 15.0 Å². The maximum absolute atomic E-state index is 13.1. The SMILES string of the molecule is FC(F)(F)c1cccc(Nc2nc(-c3cccc(C(F)(F)F)n3)nc(N3CCOCC3)n2)c1. The van der Waals surface area contributed by atoms with E-state index in [1.807, 2.05) is 0 Å². The predicted molar refractivity (Wildman–Crippen MR) is 106 cm³/mol. The number of benzene rings is 1. The average molecular weight is 470 g/mol. The van der Waals surface area contributed by atoms with Gasteiger partial charge in [0.25, 0.3) is 0 Å². The molecule has 1 aliphatic rings. The lowest BCUT2D eigenvalue weighted by molar-refractivity contribution is -0.141. The van der Waals surface area contributed by atoms with E-state index in [9.17, 15) is 26.3 Å². The lowest BCUT2D eigenvalue weighted by Crippen LogP contribution is -2.37. The van der Waals surface area contributed by atoms with Crippen LogP contribution in [-0.4, -0.2) is 46.2 Å². The molecular formula is C20H16F6N6O. The van der Waals surface area contributed by atoms with Crippen LogP contribution in [-0.2, 0) is 17.1 Å². The van der Waals surface area contributed by atoms with Crippen LogP contribution in [0.15, 0.2) is 42.5 Å². The molecule has 0 unspecified atom stereocenters. The first kappa shape index (κ1) is 22.7. The lowest BCUT2D eigenvalue weighted by atomic mass is 10.2. The van der Waals surface area contributed by atoms with Crippen LogP contribution in [0.3, 0.4) is 0 Å². The molecular weight excluding hydrogens is 454 g/mol. The topological polar surface area (TPSA) is 76.1 Å². The molecule has 0 atom stereocenters. The molecule has 0 spiro atoms. The fourth-order valence-corrected chi connectivity index (χ4v) is 3.06. The number of ether oxygens (including phenoxy) is 1. The Hall–Kier alpha value is -3.48. The first-order valence-electron chi connectivity index (χ1n) is 9.67. The number of nitrogens with one attached hydrogen (secondary N) is 1. The number of hydrogen-bond donors (Lipinski definition) is 1.